The molecule has 2 N–H and O–H groups in total. The number of amides is 1. The lowest BCUT2D eigenvalue weighted by atomic mass is 9.90. The third kappa shape index (κ3) is 3.98. The lowest BCUT2D eigenvalue weighted by molar-refractivity contribution is 0.0951. The van der Waals surface area contributed by atoms with Crippen LogP contribution in [0, 0.1) is 13.8 Å². The first-order valence-electron chi connectivity index (χ1n) is 8.15. The summed E-state index contributed by atoms with van der Waals surface area (Å²) in [4.78, 5) is 18.0. The molecule has 0 spiro atoms. The van der Waals surface area contributed by atoms with Crippen LogP contribution in [0.25, 0.3) is 0 Å². The summed E-state index contributed by atoms with van der Waals surface area (Å²) in [5.41, 5.74) is 3.01. The van der Waals surface area contributed by atoms with Crippen molar-refractivity contribution in [3.05, 3.63) is 51.0 Å². The molecule has 2 heterocycles. The molecule has 0 radical (unpaired) electrons. The van der Waals surface area contributed by atoms with Crippen molar-refractivity contribution in [3.8, 4) is 0 Å². The predicted octanol–water partition coefficient (Wildman–Crippen LogP) is 3.16. The first-order valence-corrected chi connectivity index (χ1v) is 8.97. The van der Waals surface area contributed by atoms with Gasteiger partial charge in [-0.05, 0) is 56.8 Å². The van der Waals surface area contributed by atoms with Gasteiger partial charge in [-0.25, -0.2) is 4.98 Å². The smallest absolute Gasteiger partial charge is 0.251 e. The van der Waals surface area contributed by atoms with Crippen molar-refractivity contribution in [1.82, 2.24) is 15.6 Å². The van der Waals surface area contributed by atoms with Gasteiger partial charge < -0.3 is 10.6 Å². The van der Waals surface area contributed by atoms with E-state index in [4.69, 9.17) is 0 Å². The van der Waals surface area contributed by atoms with Crippen LogP contribution < -0.4 is 10.6 Å². The predicted molar refractivity (Wildman–Crippen MR) is 94.0 cm³/mol. The number of rotatable bonds is 4. The van der Waals surface area contributed by atoms with Gasteiger partial charge in [0.1, 0.15) is 0 Å². The Bertz CT molecular complexity index is 689. The molecule has 0 saturated carbocycles. The number of aryl methyl sites for hydroxylation is 2. The number of benzene rings is 1. The van der Waals surface area contributed by atoms with Gasteiger partial charge in [-0.15, -0.1) is 11.3 Å². The van der Waals surface area contributed by atoms with Crippen LogP contribution in [-0.2, 0) is 6.54 Å². The normalized spacial score (nSPS) is 17.9. The highest BCUT2D eigenvalue weighted by molar-refractivity contribution is 7.11. The first-order chi connectivity index (χ1) is 11.1. The molecule has 23 heavy (non-hydrogen) atoms. The van der Waals surface area contributed by atoms with E-state index in [-0.39, 0.29) is 5.91 Å². The lowest BCUT2D eigenvalue weighted by Crippen LogP contribution is -2.28. The van der Waals surface area contributed by atoms with Crippen LogP contribution in [0.15, 0.2) is 24.3 Å². The molecule has 5 heteroatoms. The molecule has 1 aromatic carbocycles. The van der Waals surface area contributed by atoms with Gasteiger partial charge in [0.2, 0.25) is 0 Å². The molecule has 1 atom stereocenters. The fourth-order valence-electron chi connectivity index (χ4n) is 3.07. The summed E-state index contributed by atoms with van der Waals surface area (Å²) >= 11 is 1.64. The molecule has 0 aliphatic carbocycles. The standard InChI is InChI=1S/C18H23N3OS/c1-12-17(23-13(2)21-12)11-20-18(22)15-6-3-5-14(9-15)16-7-4-8-19-10-16/h3,5-6,9,16,19H,4,7-8,10-11H2,1-2H3,(H,20,22)/t16-/m1/s1. The summed E-state index contributed by atoms with van der Waals surface area (Å²) in [5.74, 6) is 0.504. The molecule has 1 saturated heterocycles. The molecular weight excluding hydrogens is 306 g/mol. The summed E-state index contributed by atoms with van der Waals surface area (Å²) in [6, 6.07) is 8.05. The molecule has 1 aliphatic heterocycles. The average Bonchev–Trinajstić information content (AvgIpc) is 2.91. The number of aromatic nitrogens is 1. The number of thiazole rings is 1. The van der Waals surface area contributed by atoms with Gasteiger partial charge in [0.05, 0.1) is 17.2 Å². The molecule has 1 fully saturated rings. The van der Waals surface area contributed by atoms with E-state index in [1.165, 1.54) is 18.4 Å². The summed E-state index contributed by atoms with van der Waals surface area (Å²) < 4.78 is 0. The van der Waals surface area contributed by atoms with Crippen LogP contribution >= 0.6 is 11.3 Å². The molecule has 2 aromatic rings. The zero-order valence-electron chi connectivity index (χ0n) is 13.7. The van der Waals surface area contributed by atoms with Crippen LogP contribution in [0.2, 0.25) is 0 Å². The molecule has 1 aliphatic rings. The second-order valence-electron chi connectivity index (χ2n) is 6.09. The quantitative estimate of drug-likeness (QED) is 0.906. The summed E-state index contributed by atoms with van der Waals surface area (Å²) in [5, 5.41) is 7.49. The van der Waals surface area contributed by atoms with Crippen LogP contribution in [0.4, 0.5) is 0 Å². The second kappa shape index (κ2) is 7.23. The van der Waals surface area contributed by atoms with E-state index < -0.39 is 0 Å². The van der Waals surface area contributed by atoms with Crippen molar-refractivity contribution in [2.75, 3.05) is 13.1 Å². The molecule has 3 rings (SSSR count). The third-order valence-corrected chi connectivity index (χ3v) is 5.40. The van der Waals surface area contributed by atoms with Gasteiger partial charge in [-0.1, -0.05) is 12.1 Å². The Morgan fingerprint density at radius 2 is 2.30 bits per heavy atom. The maximum absolute atomic E-state index is 12.4. The van der Waals surface area contributed by atoms with Gasteiger partial charge in [0.25, 0.3) is 5.91 Å². The van der Waals surface area contributed by atoms with E-state index >= 15 is 0 Å². The van der Waals surface area contributed by atoms with E-state index in [1.807, 2.05) is 32.0 Å². The molecular formula is C18H23N3OS. The number of hydrogen-bond acceptors (Lipinski definition) is 4. The molecule has 1 amide bonds. The zero-order chi connectivity index (χ0) is 16.2. The topological polar surface area (TPSA) is 54.0 Å². The molecule has 0 bridgehead atoms. The minimum absolute atomic E-state index is 0.0129. The maximum Gasteiger partial charge on any atom is 0.251 e. The molecule has 1 aromatic heterocycles. The number of hydrogen-bond donors (Lipinski definition) is 2. The Balaban J connectivity index is 1.66. The highest BCUT2D eigenvalue weighted by Gasteiger charge is 2.16. The Kier molecular flexibility index (Phi) is 5.08. The summed E-state index contributed by atoms with van der Waals surface area (Å²) in [6.07, 6.45) is 2.39. The van der Waals surface area contributed by atoms with E-state index in [2.05, 4.69) is 21.7 Å². The second-order valence-corrected chi connectivity index (χ2v) is 7.38. The van der Waals surface area contributed by atoms with Gasteiger partial charge in [0.15, 0.2) is 0 Å². The lowest BCUT2D eigenvalue weighted by Gasteiger charge is -2.23. The van der Waals surface area contributed by atoms with Crippen molar-refractivity contribution in [2.24, 2.45) is 0 Å². The SMILES string of the molecule is Cc1nc(C)c(CNC(=O)c2cccc([C@@H]3CCCNC3)c2)s1. The summed E-state index contributed by atoms with van der Waals surface area (Å²) in [6.45, 7) is 6.63. The average molecular weight is 329 g/mol. The Morgan fingerprint density at radius 1 is 1.43 bits per heavy atom. The number of carbonyl (C=O) groups is 1. The number of nitrogens with zero attached hydrogens (tertiary/aromatic N) is 1. The van der Waals surface area contributed by atoms with Crippen LogP contribution in [0.5, 0.6) is 0 Å². The number of carbonyl (C=O) groups excluding carboxylic acids is 1. The molecule has 0 unspecified atom stereocenters. The van der Waals surface area contributed by atoms with E-state index in [0.29, 0.717) is 12.5 Å². The van der Waals surface area contributed by atoms with Gasteiger partial charge in [-0.2, -0.15) is 0 Å². The van der Waals surface area contributed by atoms with E-state index in [0.717, 1.165) is 34.2 Å². The molecule has 4 nitrogen and oxygen atoms in total. The first kappa shape index (κ1) is 16.1. The van der Waals surface area contributed by atoms with Gasteiger partial charge in [-0.3, -0.25) is 4.79 Å². The van der Waals surface area contributed by atoms with Crippen molar-refractivity contribution < 1.29 is 4.79 Å². The van der Waals surface area contributed by atoms with Crippen molar-refractivity contribution >= 4 is 17.2 Å². The van der Waals surface area contributed by atoms with E-state index in [1.54, 1.807) is 11.3 Å². The number of nitrogens with one attached hydrogen (secondary N) is 2. The monoisotopic (exact) mass is 329 g/mol. The van der Waals surface area contributed by atoms with Crippen LogP contribution in [0.3, 0.4) is 0 Å². The minimum Gasteiger partial charge on any atom is -0.347 e. The van der Waals surface area contributed by atoms with Crippen molar-refractivity contribution in [3.63, 3.8) is 0 Å². The fourth-order valence-corrected chi connectivity index (χ4v) is 3.95. The van der Waals surface area contributed by atoms with Crippen molar-refractivity contribution in [2.45, 2.75) is 39.2 Å². The Hall–Kier alpha value is -1.72. The largest absolute Gasteiger partial charge is 0.347 e. The maximum atomic E-state index is 12.4. The van der Waals surface area contributed by atoms with Crippen molar-refractivity contribution in [1.29, 1.82) is 0 Å². The Morgan fingerprint density at radius 3 is 3.00 bits per heavy atom. The van der Waals surface area contributed by atoms with Gasteiger partial charge >= 0.3 is 0 Å². The highest BCUT2D eigenvalue weighted by Crippen LogP contribution is 2.24. The van der Waals surface area contributed by atoms with Crippen LogP contribution in [-0.4, -0.2) is 24.0 Å². The van der Waals surface area contributed by atoms with Gasteiger partial charge in [0, 0.05) is 17.0 Å². The van der Waals surface area contributed by atoms with E-state index in [9.17, 15) is 4.79 Å². The fraction of sp³-hybridized carbons (Fsp3) is 0.444. The highest BCUT2D eigenvalue weighted by atomic mass is 32.1. The number of piperidine rings is 1. The van der Waals surface area contributed by atoms with Crippen LogP contribution in [0.1, 0.15) is 50.3 Å². The summed E-state index contributed by atoms with van der Waals surface area (Å²) in [7, 11) is 0. The zero-order valence-corrected chi connectivity index (χ0v) is 14.5. The Labute approximate surface area is 141 Å². The molecule has 122 valence electrons. The minimum atomic E-state index is -0.0129. The third-order valence-electron chi connectivity index (χ3n) is 4.33.